The number of carbonyl (C=O) groups excluding carboxylic acids is 3. The second-order valence-corrected chi connectivity index (χ2v) is 11.9. The summed E-state index contributed by atoms with van der Waals surface area (Å²) in [6.07, 6.45) is 1.14. The maximum atomic E-state index is 13.7. The van der Waals surface area contributed by atoms with E-state index in [0.717, 1.165) is 9.69 Å². The fourth-order valence-corrected chi connectivity index (χ4v) is 6.78. The second-order valence-electron chi connectivity index (χ2n) is 10.1. The van der Waals surface area contributed by atoms with E-state index in [-0.39, 0.29) is 35.7 Å². The summed E-state index contributed by atoms with van der Waals surface area (Å²) in [5.41, 5.74) is 0.658. The largest absolute Gasteiger partial charge is 0.414 e. The number of ether oxygens (including phenoxy) is 1. The summed E-state index contributed by atoms with van der Waals surface area (Å²) >= 11 is 0. The van der Waals surface area contributed by atoms with Gasteiger partial charge in [-0.3, -0.25) is 9.59 Å². The van der Waals surface area contributed by atoms with Crippen molar-refractivity contribution in [2.45, 2.75) is 49.8 Å². The molecule has 2 aliphatic rings. The predicted molar refractivity (Wildman–Crippen MR) is 141 cm³/mol. The van der Waals surface area contributed by atoms with Gasteiger partial charge in [0.2, 0.25) is 11.8 Å². The van der Waals surface area contributed by atoms with Gasteiger partial charge in [0, 0.05) is 24.2 Å². The molecule has 3 atom stereocenters. The molecule has 4 heterocycles. The van der Waals surface area contributed by atoms with Crippen LogP contribution in [0.4, 0.5) is 4.79 Å². The van der Waals surface area contributed by atoms with Gasteiger partial charge >= 0.3 is 6.09 Å². The molecular weight excluding hydrogens is 522 g/mol. The van der Waals surface area contributed by atoms with Crippen LogP contribution in [0.2, 0.25) is 0 Å². The number of benzene rings is 1. The zero-order valence-electron chi connectivity index (χ0n) is 21.6. The minimum Gasteiger partial charge on any atom is -0.391 e. The number of aromatic nitrogens is 2. The molecule has 0 spiro atoms. The highest BCUT2D eigenvalue weighted by Gasteiger charge is 2.54. The average Bonchev–Trinajstić information content (AvgIpc) is 3.49. The molecule has 2 fully saturated rings. The Bertz CT molecular complexity index is 1510. The number of para-hydroxylation sites is 1. The minimum absolute atomic E-state index is 0.0387. The molecule has 2 saturated heterocycles. The Morgan fingerprint density at radius 1 is 1.10 bits per heavy atom. The lowest BCUT2D eigenvalue weighted by atomic mass is 10.0. The zero-order chi connectivity index (χ0) is 27.7. The summed E-state index contributed by atoms with van der Waals surface area (Å²) in [5, 5.41) is 3.38. The normalized spacial score (nSPS) is 20.3. The molecule has 2 aromatic heterocycles. The molecule has 204 valence electrons. The highest BCUT2D eigenvalue weighted by molar-refractivity contribution is 7.89. The van der Waals surface area contributed by atoms with Crippen molar-refractivity contribution in [2.75, 3.05) is 13.1 Å². The lowest BCUT2D eigenvalue weighted by Crippen LogP contribution is -2.53. The molecular formula is C27H29N5O6S. The average molecular weight is 552 g/mol. The Kier molecular flexibility index (Phi) is 7.32. The van der Waals surface area contributed by atoms with Crippen LogP contribution < -0.4 is 10.1 Å². The summed E-state index contributed by atoms with van der Waals surface area (Å²) in [4.78, 5) is 49.1. The van der Waals surface area contributed by atoms with E-state index >= 15 is 0 Å². The number of hydrogen-bond acceptors (Lipinski definition) is 8. The minimum atomic E-state index is -4.02. The molecule has 0 aliphatic carbocycles. The number of sulfonamides is 1. The quantitative estimate of drug-likeness (QED) is 0.472. The summed E-state index contributed by atoms with van der Waals surface area (Å²) in [5.74, 6) is -0.692. The van der Waals surface area contributed by atoms with Crippen LogP contribution in [0.1, 0.15) is 26.7 Å². The molecule has 0 saturated carbocycles. The second kappa shape index (κ2) is 10.7. The highest BCUT2D eigenvalue weighted by atomic mass is 32.2. The summed E-state index contributed by atoms with van der Waals surface area (Å²) < 4.78 is 32.9. The predicted octanol–water partition coefficient (Wildman–Crippen LogP) is 2.38. The number of fused-ring (bicyclic) bond motifs is 2. The van der Waals surface area contributed by atoms with Gasteiger partial charge < -0.3 is 15.0 Å². The first-order valence-electron chi connectivity index (χ1n) is 12.8. The first kappa shape index (κ1) is 26.7. The lowest BCUT2D eigenvalue weighted by molar-refractivity contribution is -0.138. The molecule has 1 N–H and O–H groups in total. The molecule has 12 heteroatoms. The molecule has 3 unspecified atom stereocenters. The topological polar surface area (TPSA) is 139 Å². The van der Waals surface area contributed by atoms with Gasteiger partial charge in [-0.25, -0.2) is 23.2 Å². The van der Waals surface area contributed by atoms with E-state index in [1.165, 1.54) is 17.2 Å². The van der Waals surface area contributed by atoms with Crippen LogP contribution in [0, 0.1) is 5.92 Å². The molecule has 1 aromatic carbocycles. The first-order valence-corrected chi connectivity index (χ1v) is 14.2. The Labute approximate surface area is 226 Å². The van der Waals surface area contributed by atoms with Gasteiger partial charge in [0.25, 0.3) is 10.0 Å². The zero-order valence-corrected chi connectivity index (χ0v) is 22.4. The van der Waals surface area contributed by atoms with Gasteiger partial charge in [-0.05, 0) is 43.0 Å². The molecule has 11 nitrogen and oxygen atoms in total. The van der Waals surface area contributed by atoms with Crippen LogP contribution in [-0.2, 0) is 19.6 Å². The Morgan fingerprint density at radius 3 is 2.62 bits per heavy atom. The van der Waals surface area contributed by atoms with Gasteiger partial charge in [0.1, 0.15) is 12.1 Å². The molecule has 2 aliphatic heterocycles. The number of Topliss-reactive ketones (excluding diaryl/α,β-unsaturated/α-hetero) is 1. The van der Waals surface area contributed by atoms with Crippen LogP contribution in [0.25, 0.3) is 10.9 Å². The van der Waals surface area contributed by atoms with Crippen LogP contribution >= 0.6 is 0 Å². The highest BCUT2D eigenvalue weighted by Crippen LogP contribution is 2.34. The van der Waals surface area contributed by atoms with Crippen molar-refractivity contribution in [3.63, 3.8) is 0 Å². The van der Waals surface area contributed by atoms with Crippen molar-refractivity contribution in [3.05, 3.63) is 60.8 Å². The maximum Gasteiger partial charge on any atom is 0.414 e. The number of nitrogens with one attached hydrogen (secondary N) is 1. The standard InChI is InChI=1S/C27H29N5O6S/c1-17(2)15-20(30-27(35)38-23-11-10-18-7-3-4-8-19(18)29-23)26(34)31-14-12-21-25(31)22(33)16-32(21)39(36,37)24-9-5-6-13-28-24/h3-11,13,17,20-21,25H,12,14-16H2,1-2H3,(H,30,35). The van der Waals surface area contributed by atoms with Gasteiger partial charge in [-0.15, -0.1) is 0 Å². The third kappa shape index (κ3) is 5.34. The number of likely N-dealkylation sites (tertiary alicyclic amines) is 1. The Morgan fingerprint density at radius 2 is 1.87 bits per heavy atom. The van der Waals surface area contributed by atoms with E-state index in [1.54, 1.807) is 30.3 Å². The SMILES string of the molecule is CC(C)CC(NC(=O)Oc1ccc2ccccc2n1)C(=O)N1CCC2C1C(=O)CN2S(=O)(=O)c1ccccn1. The molecule has 2 amide bonds. The Balaban J connectivity index is 1.31. The van der Waals surface area contributed by atoms with Crippen LogP contribution in [0.5, 0.6) is 5.88 Å². The van der Waals surface area contributed by atoms with Gasteiger partial charge in [-0.2, -0.15) is 4.31 Å². The van der Waals surface area contributed by atoms with Crippen molar-refractivity contribution in [1.82, 2.24) is 24.5 Å². The van der Waals surface area contributed by atoms with Crippen molar-refractivity contribution < 1.29 is 27.5 Å². The van der Waals surface area contributed by atoms with Crippen LogP contribution in [-0.4, -0.2) is 76.6 Å². The van der Waals surface area contributed by atoms with E-state index in [2.05, 4.69) is 15.3 Å². The van der Waals surface area contributed by atoms with Crippen LogP contribution in [0.15, 0.2) is 65.8 Å². The van der Waals surface area contributed by atoms with Crippen LogP contribution in [0.3, 0.4) is 0 Å². The number of rotatable bonds is 7. The number of nitrogens with zero attached hydrogens (tertiary/aromatic N) is 4. The lowest BCUT2D eigenvalue weighted by Gasteiger charge is -2.28. The van der Waals surface area contributed by atoms with E-state index in [0.29, 0.717) is 18.4 Å². The number of hydrogen-bond donors (Lipinski definition) is 1. The van der Waals surface area contributed by atoms with Crippen molar-refractivity contribution in [3.8, 4) is 5.88 Å². The van der Waals surface area contributed by atoms with E-state index in [4.69, 9.17) is 4.74 Å². The third-order valence-electron chi connectivity index (χ3n) is 6.94. The molecule has 0 bridgehead atoms. The molecule has 0 radical (unpaired) electrons. The molecule has 39 heavy (non-hydrogen) atoms. The number of pyridine rings is 2. The molecule has 3 aromatic rings. The summed E-state index contributed by atoms with van der Waals surface area (Å²) in [7, 11) is -4.02. The van der Waals surface area contributed by atoms with Crippen molar-refractivity contribution in [2.24, 2.45) is 5.92 Å². The number of ketones is 1. The van der Waals surface area contributed by atoms with E-state index in [1.807, 2.05) is 32.0 Å². The smallest absolute Gasteiger partial charge is 0.391 e. The fraction of sp³-hybridized carbons (Fsp3) is 0.370. The van der Waals surface area contributed by atoms with Crippen molar-refractivity contribution in [1.29, 1.82) is 0 Å². The van der Waals surface area contributed by atoms with Crippen molar-refractivity contribution >= 4 is 38.7 Å². The summed E-state index contributed by atoms with van der Waals surface area (Å²) in [6.45, 7) is 3.67. The van der Waals surface area contributed by atoms with Gasteiger partial charge in [0.05, 0.1) is 18.1 Å². The first-order chi connectivity index (χ1) is 18.6. The van der Waals surface area contributed by atoms with Gasteiger partial charge in [0.15, 0.2) is 10.8 Å². The van der Waals surface area contributed by atoms with E-state index < -0.39 is 40.1 Å². The Hall–Kier alpha value is -3.90. The maximum absolute atomic E-state index is 13.7. The van der Waals surface area contributed by atoms with E-state index in [9.17, 15) is 22.8 Å². The third-order valence-corrected chi connectivity index (χ3v) is 8.73. The number of amides is 2. The van der Waals surface area contributed by atoms with Gasteiger partial charge in [-0.1, -0.05) is 38.1 Å². The number of carbonyl (C=O) groups is 3. The fourth-order valence-electron chi connectivity index (χ4n) is 5.22. The molecule has 5 rings (SSSR count). The summed E-state index contributed by atoms with van der Waals surface area (Å²) in [6, 6.07) is 12.7. The monoisotopic (exact) mass is 551 g/mol.